The Labute approximate surface area is 48.2 Å². The largest absolute Gasteiger partial charge is 0.280 e. The zero-order valence-corrected chi connectivity index (χ0v) is 5.46. The second-order valence-electron chi connectivity index (χ2n) is 2.07. The van der Waals surface area contributed by atoms with Crippen LogP contribution in [0.5, 0.6) is 0 Å². The van der Waals surface area contributed by atoms with Crippen LogP contribution in [-0.4, -0.2) is 16.8 Å². The van der Waals surface area contributed by atoms with Crippen molar-refractivity contribution < 1.29 is 0 Å². The maximum Gasteiger partial charge on any atom is 0.100 e. The molecule has 0 saturated heterocycles. The first-order valence-electron chi connectivity index (χ1n) is 2.38. The van der Waals surface area contributed by atoms with E-state index < -0.39 is 0 Å². The van der Waals surface area contributed by atoms with Crippen LogP contribution in [0.1, 0.15) is 13.8 Å². The van der Waals surface area contributed by atoms with Crippen molar-refractivity contribution in [2.45, 2.75) is 18.7 Å². The summed E-state index contributed by atoms with van der Waals surface area (Å²) in [6, 6.07) is 0. The Kier molecular flexibility index (Phi) is 1.11. The molecule has 7 heavy (non-hydrogen) atoms. The van der Waals surface area contributed by atoms with Gasteiger partial charge in [-0.25, -0.2) is 0 Å². The fourth-order valence-corrected chi connectivity index (χ4v) is 1.24. The van der Waals surface area contributed by atoms with Gasteiger partial charge in [0.15, 0.2) is 0 Å². The standard InChI is InChI=1S/C5H9NS/c1-5(2)6-3-4-7-5/h3H,4H2,1-2H3. The summed E-state index contributed by atoms with van der Waals surface area (Å²) in [4.78, 5) is 4.39. The summed E-state index contributed by atoms with van der Waals surface area (Å²) < 4.78 is 0. The highest BCUT2D eigenvalue weighted by Gasteiger charge is 2.18. The molecule has 0 aromatic heterocycles. The van der Waals surface area contributed by atoms with E-state index in [1.165, 1.54) is 0 Å². The third-order valence-corrected chi connectivity index (χ3v) is 2.04. The monoisotopic (exact) mass is 115 g/mol. The molecule has 0 unspecified atom stereocenters. The Hall–Kier alpha value is 0.0200. The summed E-state index contributed by atoms with van der Waals surface area (Å²) in [5.41, 5.74) is 0. The van der Waals surface area contributed by atoms with Crippen molar-refractivity contribution in [2.24, 2.45) is 4.99 Å². The average Bonchev–Trinajstić information content (AvgIpc) is 1.84. The molecule has 1 aliphatic rings. The van der Waals surface area contributed by atoms with Crippen molar-refractivity contribution in [1.82, 2.24) is 0 Å². The third kappa shape index (κ3) is 1.20. The molecular weight excluding hydrogens is 106 g/mol. The van der Waals surface area contributed by atoms with Gasteiger partial charge in [-0.15, -0.1) is 11.8 Å². The fourth-order valence-electron chi connectivity index (χ4n) is 0.536. The van der Waals surface area contributed by atoms with Gasteiger partial charge >= 0.3 is 0 Å². The highest BCUT2D eigenvalue weighted by Crippen LogP contribution is 2.28. The number of nitrogens with zero attached hydrogens (tertiary/aromatic N) is 1. The lowest BCUT2D eigenvalue weighted by Crippen LogP contribution is -2.04. The minimum absolute atomic E-state index is 0.181. The maximum atomic E-state index is 4.21. The van der Waals surface area contributed by atoms with Gasteiger partial charge in [0.1, 0.15) is 4.87 Å². The zero-order valence-electron chi connectivity index (χ0n) is 4.64. The molecular formula is C5H9NS. The topological polar surface area (TPSA) is 12.4 Å². The third-order valence-electron chi connectivity index (χ3n) is 0.913. The van der Waals surface area contributed by atoms with Crippen molar-refractivity contribution in [3.8, 4) is 0 Å². The molecule has 0 amide bonds. The van der Waals surface area contributed by atoms with E-state index >= 15 is 0 Å². The van der Waals surface area contributed by atoms with E-state index in [4.69, 9.17) is 0 Å². The van der Waals surface area contributed by atoms with E-state index in [0.29, 0.717) is 0 Å². The van der Waals surface area contributed by atoms with Gasteiger partial charge in [-0.1, -0.05) is 0 Å². The molecule has 0 fully saturated rings. The molecule has 0 N–H and O–H groups in total. The first-order chi connectivity index (χ1) is 3.21. The summed E-state index contributed by atoms with van der Waals surface area (Å²) >= 11 is 1.88. The Balaban J connectivity index is 2.57. The van der Waals surface area contributed by atoms with Crippen molar-refractivity contribution in [3.63, 3.8) is 0 Å². The Morgan fingerprint density at radius 2 is 2.43 bits per heavy atom. The normalized spacial score (nSPS) is 26.0. The van der Waals surface area contributed by atoms with Crippen LogP contribution in [0.3, 0.4) is 0 Å². The van der Waals surface area contributed by atoms with E-state index in [1.54, 1.807) is 0 Å². The van der Waals surface area contributed by atoms with Crippen molar-refractivity contribution in [3.05, 3.63) is 0 Å². The molecule has 0 aromatic carbocycles. The molecule has 0 spiro atoms. The minimum atomic E-state index is 0.181. The van der Waals surface area contributed by atoms with Gasteiger partial charge in [-0.2, -0.15) is 0 Å². The highest BCUT2D eigenvalue weighted by molar-refractivity contribution is 8.01. The summed E-state index contributed by atoms with van der Waals surface area (Å²) in [6.07, 6.45) is 1.98. The summed E-state index contributed by atoms with van der Waals surface area (Å²) in [5, 5.41) is 0. The van der Waals surface area contributed by atoms with Gasteiger partial charge in [-0.05, 0) is 13.8 Å². The van der Waals surface area contributed by atoms with E-state index in [9.17, 15) is 0 Å². The molecule has 0 saturated carbocycles. The predicted molar refractivity (Wildman–Crippen MR) is 35.0 cm³/mol. The second-order valence-corrected chi connectivity index (χ2v) is 3.69. The molecule has 2 heteroatoms. The van der Waals surface area contributed by atoms with Gasteiger partial charge in [-0.3, -0.25) is 4.99 Å². The molecule has 1 aliphatic heterocycles. The summed E-state index contributed by atoms with van der Waals surface area (Å²) in [5.74, 6) is 1.09. The quantitative estimate of drug-likeness (QED) is 0.466. The first kappa shape index (κ1) is 5.16. The summed E-state index contributed by atoms with van der Waals surface area (Å²) in [6.45, 7) is 4.25. The van der Waals surface area contributed by atoms with Crippen LogP contribution in [-0.2, 0) is 0 Å². The smallest absolute Gasteiger partial charge is 0.100 e. The number of hydrogen-bond acceptors (Lipinski definition) is 2. The lowest BCUT2D eigenvalue weighted by molar-refractivity contribution is 0.776. The summed E-state index contributed by atoms with van der Waals surface area (Å²) in [7, 11) is 0. The van der Waals surface area contributed by atoms with E-state index in [2.05, 4.69) is 18.8 Å². The predicted octanol–water partition coefficient (Wildman–Crippen LogP) is 1.54. The van der Waals surface area contributed by atoms with Crippen LogP contribution in [0.2, 0.25) is 0 Å². The Bertz CT molecular complexity index is 96.3. The van der Waals surface area contributed by atoms with Crippen LogP contribution in [0.25, 0.3) is 0 Å². The zero-order chi connectivity index (χ0) is 5.33. The average molecular weight is 115 g/mol. The molecule has 0 bridgehead atoms. The number of rotatable bonds is 0. The van der Waals surface area contributed by atoms with Crippen molar-refractivity contribution in [2.75, 3.05) is 5.75 Å². The number of thioether (sulfide) groups is 1. The maximum absolute atomic E-state index is 4.21. The Morgan fingerprint density at radius 1 is 1.71 bits per heavy atom. The molecule has 1 nitrogen and oxygen atoms in total. The van der Waals surface area contributed by atoms with Gasteiger partial charge in [0, 0.05) is 12.0 Å². The van der Waals surface area contributed by atoms with Crippen LogP contribution < -0.4 is 0 Å². The van der Waals surface area contributed by atoms with Gasteiger partial charge in [0.25, 0.3) is 0 Å². The van der Waals surface area contributed by atoms with E-state index in [1.807, 2.05) is 18.0 Å². The van der Waals surface area contributed by atoms with Gasteiger partial charge < -0.3 is 0 Å². The molecule has 0 aliphatic carbocycles. The van der Waals surface area contributed by atoms with Gasteiger partial charge in [0.05, 0.1) is 0 Å². The molecule has 40 valence electrons. The second kappa shape index (κ2) is 1.51. The van der Waals surface area contributed by atoms with Gasteiger partial charge in [0.2, 0.25) is 0 Å². The molecule has 1 rings (SSSR count). The lowest BCUT2D eigenvalue weighted by atomic mass is 10.4. The van der Waals surface area contributed by atoms with Crippen molar-refractivity contribution >= 4 is 18.0 Å². The SMILES string of the molecule is CC1(C)N=CCS1. The number of hydrogen-bond donors (Lipinski definition) is 0. The highest BCUT2D eigenvalue weighted by atomic mass is 32.2. The Morgan fingerprint density at radius 3 is 2.57 bits per heavy atom. The van der Waals surface area contributed by atoms with E-state index in [-0.39, 0.29) is 4.87 Å². The minimum Gasteiger partial charge on any atom is -0.280 e. The van der Waals surface area contributed by atoms with Crippen molar-refractivity contribution in [1.29, 1.82) is 0 Å². The number of aliphatic imine (C=N–C) groups is 1. The lowest BCUT2D eigenvalue weighted by Gasteiger charge is -2.09. The molecule has 0 radical (unpaired) electrons. The van der Waals surface area contributed by atoms with Crippen LogP contribution in [0, 0.1) is 0 Å². The van der Waals surface area contributed by atoms with Crippen LogP contribution in [0.4, 0.5) is 0 Å². The molecule has 0 atom stereocenters. The van der Waals surface area contributed by atoms with E-state index in [0.717, 1.165) is 5.75 Å². The molecule has 0 aromatic rings. The fraction of sp³-hybridized carbons (Fsp3) is 0.800. The van der Waals surface area contributed by atoms with Crippen LogP contribution >= 0.6 is 11.8 Å². The molecule has 1 heterocycles. The first-order valence-corrected chi connectivity index (χ1v) is 3.37. The van der Waals surface area contributed by atoms with Crippen LogP contribution in [0.15, 0.2) is 4.99 Å².